The average molecular weight is 497 g/mol. The van der Waals surface area contributed by atoms with Crippen LogP contribution >= 0.6 is 0 Å². The Morgan fingerprint density at radius 1 is 0.514 bits per heavy atom. The summed E-state index contributed by atoms with van der Waals surface area (Å²) in [5.74, 6) is -2.17. The minimum Gasteiger partial charge on any atom is -0.452 e. The molecule has 0 aliphatic rings. The molecule has 4 rings (SSSR count). The van der Waals surface area contributed by atoms with Crippen molar-refractivity contribution in [3.05, 3.63) is 144 Å². The Labute approximate surface area is 215 Å². The van der Waals surface area contributed by atoms with Crippen molar-refractivity contribution in [1.29, 1.82) is 0 Å². The lowest BCUT2D eigenvalue weighted by Crippen LogP contribution is -2.48. The fraction of sp³-hybridized carbons (Fsp3) is 0.161. The molecule has 0 bridgehead atoms. The van der Waals surface area contributed by atoms with E-state index in [4.69, 9.17) is 9.47 Å². The maximum Gasteiger partial charge on any atom is 0.329 e. The van der Waals surface area contributed by atoms with Crippen LogP contribution < -0.4 is 0 Å². The van der Waals surface area contributed by atoms with Crippen LogP contribution in [-0.4, -0.2) is 35.4 Å². The van der Waals surface area contributed by atoms with Gasteiger partial charge in [0.1, 0.15) is 0 Å². The predicted octanol–water partition coefficient (Wildman–Crippen LogP) is 4.62. The van der Waals surface area contributed by atoms with E-state index in [1.807, 2.05) is 72.8 Å². The van der Waals surface area contributed by atoms with Crippen LogP contribution in [0.4, 0.5) is 0 Å². The summed E-state index contributed by atoms with van der Waals surface area (Å²) < 4.78 is 11.6. The summed E-state index contributed by atoms with van der Waals surface area (Å²) in [4.78, 5) is 27.1. The molecule has 188 valence electrons. The molecule has 6 heteroatoms. The van der Waals surface area contributed by atoms with E-state index in [9.17, 15) is 19.8 Å². The minimum absolute atomic E-state index is 0.673. The van der Waals surface area contributed by atoms with Gasteiger partial charge in [-0.3, -0.25) is 9.59 Å². The van der Waals surface area contributed by atoms with E-state index in [2.05, 4.69) is 0 Å². The molecular formula is C31H28O6. The number of carbonyl (C=O) groups is 2. The fourth-order valence-electron chi connectivity index (χ4n) is 4.00. The molecule has 0 amide bonds. The number of hydrogen-bond donors (Lipinski definition) is 2. The third-order valence-electron chi connectivity index (χ3n) is 6.18. The zero-order valence-electron chi connectivity index (χ0n) is 20.1. The smallest absolute Gasteiger partial charge is 0.329 e. The highest BCUT2D eigenvalue weighted by Crippen LogP contribution is 2.33. The Morgan fingerprint density at radius 3 is 0.973 bits per heavy atom. The molecule has 4 aromatic rings. The molecular weight excluding hydrogens is 468 g/mol. The summed E-state index contributed by atoms with van der Waals surface area (Å²) in [5.41, 5.74) is 0.362. The van der Waals surface area contributed by atoms with E-state index >= 15 is 0 Å². The lowest BCUT2D eigenvalue weighted by atomic mass is 9.89. The van der Waals surface area contributed by atoms with Crippen LogP contribution in [0.3, 0.4) is 0 Å². The topological polar surface area (TPSA) is 93.1 Å². The van der Waals surface area contributed by atoms with Crippen LogP contribution in [0.2, 0.25) is 0 Å². The quantitative estimate of drug-likeness (QED) is 0.246. The molecule has 0 heterocycles. The van der Waals surface area contributed by atoms with E-state index in [0.717, 1.165) is 0 Å². The third kappa shape index (κ3) is 5.77. The number of benzene rings is 4. The number of rotatable bonds is 10. The molecule has 0 atom stereocenters. The van der Waals surface area contributed by atoms with Crippen LogP contribution in [0, 0.1) is 5.41 Å². The normalized spacial score (nSPS) is 11.4. The van der Waals surface area contributed by atoms with Crippen molar-refractivity contribution in [2.45, 2.75) is 12.2 Å². The highest BCUT2D eigenvalue weighted by atomic mass is 16.6. The Morgan fingerprint density at radius 2 is 0.757 bits per heavy atom. The summed E-state index contributed by atoms with van der Waals surface area (Å²) >= 11 is 0. The van der Waals surface area contributed by atoms with Crippen molar-refractivity contribution in [1.82, 2.24) is 0 Å². The third-order valence-corrected chi connectivity index (χ3v) is 6.18. The number of ether oxygens (including phenoxy) is 2. The van der Waals surface area contributed by atoms with Crippen molar-refractivity contribution in [3.8, 4) is 0 Å². The second kappa shape index (κ2) is 12.1. The molecule has 2 N–H and O–H groups in total. The Balaban J connectivity index is 1.66. The molecule has 0 radical (unpaired) electrons. The molecule has 0 aromatic heterocycles. The van der Waals surface area contributed by atoms with E-state index in [1.165, 1.54) is 0 Å². The van der Waals surface area contributed by atoms with Gasteiger partial charge in [0.2, 0.25) is 5.41 Å². The molecule has 4 aromatic carbocycles. The summed E-state index contributed by atoms with van der Waals surface area (Å²) in [5, 5.41) is 20.5. The molecule has 0 saturated heterocycles. The largest absolute Gasteiger partial charge is 0.452 e. The Hall–Kier alpha value is -4.26. The monoisotopic (exact) mass is 496 g/mol. The first-order valence-corrected chi connectivity index (χ1v) is 11.9. The van der Waals surface area contributed by atoms with Crippen molar-refractivity contribution in [2.24, 2.45) is 5.41 Å². The lowest BCUT2D eigenvalue weighted by molar-refractivity contribution is -0.184. The molecule has 6 nitrogen and oxygen atoms in total. The van der Waals surface area contributed by atoms with Gasteiger partial charge in [0.15, 0.2) is 12.2 Å². The lowest BCUT2D eigenvalue weighted by Gasteiger charge is -2.30. The second-order valence-corrected chi connectivity index (χ2v) is 8.61. The van der Waals surface area contributed by atoms with Crippen molar-refractivity contribution < 1.29 is 29.3 Å². The van der Waals surface area contributed by atoms with Gasteiger partial charge in [0.25, 0.3) is 0 Å². The van der Waals surface area contributed by atoms with Gasteiger partial charge >= 0.3 is 11.9 Å². The van der Waals surface area contributed by atoms with Crippen LogP contribution in [0.5, 0.6) is 0 Å². The van der Waals surface area contributed by atoms with Gasteiger partial charge in [-0.25, -0.2) is 0 Å². The summed E-state index contributed by atoms with van der Waals surface area (Å²) in [6.07, 6.45) is -1.72. The van der Waals surface area contributed by atoms with Crippen molar-refractivity contribution >= 4 is 11.9 Å². The molecule has 37 heavy (non-hydrogen) atoms. The van der Waals surface area contributed by atoms with Crippen LogP contribution in [0.25, 0.3) is 0 Å². The molecule has 0 spiro atoms. The van der Waals surface area contributed by atoms with Crippen molar-refractivity contribution in [3.63, 3.8) is 0 Å². The number of aliphatic hydroxyl groups is 2. The predicted molar refractivity (Wildman–Crippen MR) is 138 cm³/mol. The minimum atomic E-state index is -2.33. The van der Waals surface area contributed by atoms with Gasteiger partial charge < -0.3 is 19.7 Å². The van der Waals surface area contributed by atoms with E-state index in [0.29, 0.717) is 22.3 Å². The van der Waals surface area contributed by atoms with Crippen LogP contribution in [0.15, 0.2) is 121 Å². The summed E-state index contributed by atoms with van der Waals surface area (Å²) in [6, 6.07) is 36.2. The average Bonchev–Trinajstić information content (AvgIpc) is 2.97. The van der Waals surface area contributed by atoms with Crippen molar-refractivity contribution in [2.75, 3.05) is 13.2 Å². The Kier molecular flexibility index (Phi) is 8.46. The van der Waals surface area contributed by atoms with Gasteiger partial charge in [-0.1, -0.05) is 121 Å². The van der Waals surface area contributed by atoms with Crippen LogP contribution in [-0.2, 0) is 19.1 Å². The SMILES string of the molecule is O=C(OC(c1ccccc1)c1ccccc1)C(CO)(CO)C(=O)OC(c1ccccc1)c1ccccc1. The first kappa shape index (κ1) is 25.8. The van der Waals surface area contributed by atoms with Gasteiger partial charge in [-0.05, 0) is 22.3 Å². The number of esters is 2. The molecule has 0 aliphatic carbocycles. The zero-order chi connectivity index (χ0) is 26.1. The number of aliphatic hydroxyl groups excluding tert-OH is 2. The highest BCUT2D eigenvalue weighted by molar-refractivity contribution is 6.00. The molecule has 0 saturated carbocycles. The second-order valence-electron chi connectivity index (χ2n) is 8.61. The summed E-state index contributed by atoms with van der Waals surface area (Å²) in [7, 11) is 0. The van der Waals surface area contributed by atoms with Gasteiger partial charge in [-0.2, -0.15) is 0 Å². The highest BCUT2D eigenvalue weighted by Gasteiger charge is 2.50. The van der Waals surface area contributed by atoms with Gasteiger partial charge in [0, 0.05) is 0 Å². The maximum atomic E-state index is 13.5. The first-order chi connectivity index (χ1) is 18.1. The zero-order valence-corrected chi connectivity index (χ0v) is 20.1. The van der Waals surface area contributed by atoms with Gasteiger partial charge in [-0.15, -0.1) is 0 Å². The standard InChI is InChI=1S/C31H28O6/c32-21-31(22-33,29(34)36-27(23-13-5-1-6-14-23)24-15-7-2-8-16-24)30(35)37-28(25-17-9-3-10-18-25)26-19-11-4-12-20-26/h1-20,27-28,32-33H,21-22H2. The summed E-state index contributed by atoms with van der Waals surface area (Å²) in [6.45, 7) is -1.98. The number of carbonyl (C=O) groups excluding carboxylic acids is 2. The number of hydrogen-bond acceptors (Lipinski definition) is 6. The van der Waals surface area contributed by atoms with E-state index in [1.54, 1.807) is 48.5 Å². The maximum absolute atomic E-state index is 13.5. The van der Waals surface area contributed by atoms with E-state index < -0.39 is 42.8 Å². The molecule has 0 fully saturated rings. The van der Waals surface area contributed by atoms with E-state index in [-0.39, 0.29) is 0 Å². The van der Waals surface area contributed by atoms with Gasteiger partial charge in [0.05, 0.1) is 13.2 Å². The first-order valence-electron chi connectivity index (χ1n) is 11.9. The van der Waals surface area contributed by atoms with Crippen LogP contribution in [0.1, 0.15) is 34.5 Å². The molecule has 0 unspecified atom stereocenters. The molecule has 0 aliphatic heterocycles. The fourth-order valence-corrected chi connectivity index (χ4v) is 4.00. The Bertz CT molecular complexity index is 1090.